The Hall–Kier alpha value is -4.34. The van der Waals surface area contributed by atoms with Crippen molar-refractivity contribution in [3.63, 3.8) is 0 Å². The number of imide groups is 2. The smallest absolute Gasteiger partial charge is 0.343 e. The van der Waals surface area contributed by atoms with Crippen molar-refractivity contribution in [3.8, 4) is 17.2 Å². The Morgan fingerprint density at radius 1 is 1.00 bits per heavy atom. The Kier molecular flexibility index (Phi) is 7.29. The van der Waals surface area contributed by atoms with Gasteiger partial charge in [-0.05, 0) is 55.0 Å². The van der Waals surface area contributed by atoms with E-state index < -0.39 is 23.8 Å². The number of amides is 4. The molecule has 0 atom stereocenters. The fourth-order valence-corrected chi connectivity index (χ4v) is 3.01. The third kappa shape index (κ3) is 5.29. The van der Waals surface area contributed by atoms with Crippen LogP contribution in [0.15, 0.2) is 48.0 Å². The number of carbonyl (C=O) groups excluding carboxylic acids is 4. The molecule has 0 spiro atoms. The summed E-state index contributed by atoms with van der Waals surface area (Å²) >= 11 is 0. The zero-order valence-corrected chi connectivity index (χ0v) is 18.2. The van der Waals surface area contributed by atoms with E-state index in [9.17, 15) is 19.2 Å². The van der Waals surface area contributed by atoms with Gasteiger partial charge in [0.1, 0.15) is 11.3 Å². The summed E-state index contributed by atoms with van der Waals surface area (Å²) in [5.41, 5.74) is 0.481. The summed E-state index contributed by atoms with van der Waals surface area (Å²) in [6.45, 7) is 2.00. The highest BCUT2D eigenvalue weighted by molar-refractivity contribution is 6.39. The van der Waals surface area contributed by atoms with Crippen molar-refractivity contribution in [2.75, 3.05) is 32.3 Å². The Morgan fingerprint density at radius 3 is 2.36 bits per heavy atom. The minimum Gasteiger partial charge on any atom is -0.494 e. The summed E-state index contributed by atoms with van der Waals surface area (Å²) < 4.78 is 20.5. The number of methoxy groups -OCH3 is 2. The number of esters is 1. The van der Waals surface area contributed by atoms with Crippen molar-refractivity contribution in [1.82, 2.24) is 5.32 Å². The number of nitrogens with one attached hydrogen (secondary N) is 1. The van der Waals surface area contributed by atoms with Gasteiger partial charge in [-0.15, -0.1) is 0 Å². The van der Waals surface area contributed by atoms with Crippen molar-refractivity contribution in [1.29, 1.82) is 0 Å². The molecule has 1 N–H and O–H groups in total. The molecule has 1 aliphatic heterocycles. The third-order valence-electron chi connectivity index (χ3n) is 4.58. The van der Waals surface area contributed by atoms with E-state index in [0.29, 0.717) is 17.9 Å². The van der Waals surface area contributed by atoms with Crippen LogP contribution in [0.3, 0.4) is 0 Å². The van der Waals surface area contributed by atoms with Crippen molar-refractivity contribution >= 4 is 35.6 Å². The van der Waals surface area contributed by atoms with E-state index in [1.807, 2.05) is 6.92 Å². The molecule has 10 heteroatoms. The quantitative estimate of drug-likeness (QED) is 0.367. The SMILES string of the molecule is CCOc1ccc(N2C(=O)NC(=O)/C(=C\c3ccc(OCC(=O)OC)c(OC)c3)C2=O)cc1. The first-order chi connectivity index (χ1) is 15.9. The molecule has 3 rings (SSSR count). The number of carbonyl (C=O) groups is 4. The van der Waals surface area contributed by atoms with Crippen LogP contribution < -0.4 is 24.4 Å². The van der Waals surface area contributed by atoms with E-state index >= 15 is 0 Å². The van der Waals surface area contributed by atoms with Crippen LogP contribution in [0.1, 0.15) is 12.5 Å². The van der Waals surface area contributed by atoms with Gasteiger partial charge in [-0.3, -0.25) is 14.9 Å². The maximum absolute atomic E-state index is 13.0. The van der Waals surface area contributed by atoms with Gasteiger partial charge in [0, 0.05) is 0 Å². The summed E-state index contributed by atoms with van der Waals surface area (Å²) in [5, 5.41) is 2.17. The number of barbiturate groups is 1. The fourth-order valence-electron chi connectivity index (χ4n) is 3.01. The summed E-state index contributed by atoms with van der Waals surface area (Å²) in [6, 6.07) is 10.1. The van der Waals surface area contributed by atoms with Crippen LogP contribution >= 0.6 is 0 Å². The van der Waals surface area contributed by atoms with E-state index in [2.05, 4.69) is 10.1 Å². The summed E-state index contributed by atoms with van der Waals surface area (Å²) in [5.74, 6) is -1.03. The lowest BCUT2D eigenvalue weighted by molar-refractivity contribution is -0.143. The van der Waals surface area contributed by atoms with Gasteiger partial charge >= 0.3 is 12.0 Å². The average molecular weight is 454 g/mol. The predicted octanol–water partition coefficient (Wildman–Crippen LogP) is 2.31. The Bertz CT molecular complexity index is 1110. The first-order valence-corrected chi connectivity index (χ1v) is 9.90. The van der Waals surface area contributed by atoms with Gasteiger partial charge in [-0.25, -0.2) is 14.5 Å². The topological polar surface area (TPSA) is 120 Å². The molecule has 0 aliphatic carbocycles. The molecule has 0 aromatic heterocycles. The van der Waals surface area contributed by atoms with Crippen LogP contribution in [0.5, 0.6) is 17.2 Å². The van der Waals surface area contributed by atoms with Crippen molar-refractivity contribution in [2.45, 2.75) is 6.92 Å². The summed E-state index contributed by atoms with van der Waals surface area (Å²) in [6.07, 6.45) is 1.33. The molecule has 1 aliphatic rings. The second-order valence-electron chi connectivity index (χ2n) is 6.66. The molecule has 1 heterocycles. The van der Waals surface area contributed by atoms with Gasteiger partial charge in [0.05, 0.1) is 26.5 Å². The van der Waals surface area contributed by atoms with Crippen molar-refractivity contribution < 1.29 is 38.1 Å². The fraction of sp³-hybridized carbons (Fsp3) is 0.217. The van der Waals surface area contributed by atoms with E-state index in [-0.39, 0.29) is 29.4 Å². The van der Waals surface area contributed by atoms with Gasteiger partial charge in [0.2, 0.25) is 0 Å². The highest BCUT2D eigenvalue weighted by Crippen LogP contribution is 2.30. The lowest BCUT2D eigenvalue weighted by Gasteiger charge is -2.26. The number of benzene rings is 2. The van der Waals surface area contributed by atoms with Crippen LogP contribution in [0.4, 0.5) is 10.5 Å². The number of anilines is 1. The minimum atomic E-state index is -0.851. The van der Waals surface area contributed by atoms with Crippen molar-refractivity contribution in [3.05, 3.63) is 53.6 Å². The van der Waals surface area contributed by atoms with Crippen LogP contribution in [-0.2, 0) is 19.1 Å². The molecule has 1 fully saturated rings. The van der Waals surface area contributed by atoms with Gasteiger partial charge in [-0.2, -0.15) is 0 Å². The molecular weight excluding hydrogens is 432 g/mol. The van der Waals surface area contributed by atoms with Gasteiger partial charge < -0.3 is 18.9 Å². The highest BCUT2D eigenvalue weighted by Gasteiger charge is 2.36. The van der Waals surface area contributed by atoms with Crippen LogP contribution in [0.2, 0.25) is 0 Å². The first kappa shape index (κ1) is 23.3. The van der Waals surface area contributed by atoms with E-state index in [4.69, 9.17) is 14.2 Å². The lowest BCUT2D eigenvalue weighted by atomic mass is 10.1. The zero-order chi connectivity index (χ0) is 24.0. The molecule has 0 saturated carbocycles. The highest BCUT2D eigenvalue weighted by atomic mass is 16.6. The lowest BCUT2D eigenvalue weighted by Crippen LogP contribution is -2.54. The number of ether oxygens (including phenoxy) is 4. The molecule has 4 amide bonds. The van der Waals surface area contributed by atoms with Crippen LogP contribution in [0, 0.1) is 0 Å². The number of hydrogen-bond acceptors (Lipinski definition) is 8. The molecular formula is C23H22N2O8. The average Bonchev–Trinajstić information content (AvgIpc) is 2.81. The van der Waals surface area contributed by atoms with Crippen LogP contribution in [0.25, 0.3) is 6.08 Å². The van der Waals surface area contributed by atoms with E-state index in [1.165, 1.54) is 32.4 Å². The molecule has 1 saturated heterocycles. The Balaban J connectivity index is 1.88. The number of urea groups is 1. The molecule has 0 bridgehead atoms. The Morgan fingerprint density at radius 2 is 1.73 bits per heavy atom. The molecule has 33 heavy (non-hydrogen) atoms. The first-order valence-electron chi connectivity index (χ1n) is 9.90. The van der Waals surface area contributed by atoms with E-state index in [0.717, 1.165) is 4.90 Å². The minimum absolute atomic E-state index is 0.242. The molecule has 0 unspecified atom stereocenters. The monoisotopic (exact) mass is 454 g/mol. The maximum atomic E-state index is 13.0. The van der Waals surface area contributed by atoms with Gasteiger partial charge in [0.15, 0.2) is 18.1 Å². The van der Waals surface area contributed by atoms with Gasteiger partial charge in [0.25, 0.3) is 11.8 Å². The standard InChI is InChI=1S/C23H22N2O8/c1-4-32-16-8-6-15(7-9-16)25-22(28)17(21(27)24-23(25)29)11-14-5-10-18(19(12-14)30-2)33-13-20(26)31-3/h5-12H,4,13H2,1-3H3,(H,24,27,29)/b17-11+. The maximum Gasteiger partial charge on any atom is 0.343 e. The molecule has 172 valence electrons. The molecule has 0 radical (unpaired) electrons. The second-order valence-corrected chi connectivity index (χ2v) is 6.66. The molecule has 10 nitrogen and oxygen atoms in total. The van der Waals surface area contributed by atoms with Crippen molar-refractivity contribution in [2.24, 2.45) is 0 Å². The van der Waals surface area contributed by atoms with Gasteiger partial charge in [-0.1, -0.05) is 6.07 Å². The molecule has 2 aromatic rings. The number of hydrogen-bond donors (Lipinski definition) is 1. The summed E-state index contributed by atoms with van der Waals surface area (Å²) in [7, 11) is 2.65. The zero-order valence-electron chi connectivity index (χ0n) is 18.2. The summed E-state index contributed by atoms with van der Waals surface area (Å²) in [4.78, 5) is 49.9. The second kappa shape index (κ2) is 10.3. The van der Waals surface area contributed by atoms with Crippen LogP contribution in [-0.4, -0.2) is 51.2 Å². The van der Waals surface area contributed by atoms with E-state index in [1.54, 1.807) is 30.3 Å². The molecule has 2 aromatic carbocycles. The number of rotatable bonds is 8. The largest absolute Gasteiger partial charge is 0.494 e. The number of nitrogens with zero attached hydrogens (tertiary/aromatic N) is 1. The predicted molar refractivity (Wildman–Crippen MR) is 117 cm³/mol. The normalized spacial score (nSPS) is 14.7. The Labute approximate surface area is 189 Å². The third-order valence-corrected chi connectivity index (χ3v) is 4.58.